The van der Waals surface area contributed by atoms with Crippen LogP contribution in [-0.2, 0) is 19.4 Å². The fourth-order valence-electron chi connectivity index (χ4n) is 1.78. The molecule has 116 valence electrons. The van der Waals surface area contributed by atoms with Gasteiger partial charge in [-0.15, -0.1) is 0 Å². The lowest BCUT2D eigenvalue weighted by Crippen LogP contribution is -2.35. The van der Waals surface area contributed by atoms with Gasteiger partial charge in [-0.05, 0) is 38.5 Å². The second kappa shape index (κ2) is 6.26. The molecule has 1 aromatic carbocycles. The molecule has 0 spiro atoms. The van der Waals surface area contributed by atoms with Gasteiger partial charge in [-0.2, -0.15) is 0 Å². The molecule has 0 radical (unpaired) electrons. The third-order valence-electron chi connectivity index (χ3n) is 2.81. The number of sulfone groups is 1. The van der Waals surface area contributed by atoms with Crippen molar-refractivity contribution in [1.82, 2.24) is 0 Å². The zero-order chi connectivity index (χ0) is 16.3. The van der Waals surface area contributed by atoms with E-state index >= 15 is 0 Å². The van der Waals surface area contributed by atoms with Gasteiger partial charge in [-0.1, -0.05) is 12.1 Å². The third kappa shape index (κ3) is 5.55. The molecule has 1 rings (SSSR count). The van der Waals surface area contributed by atoms with Crippen molar-refractivity contribution in [2.24, 2.45) is 5.41 Å². The Bertz CT molecular complexity index is 649. The molecule has 0 aromatic heterocycles. The predicted octanol–water partition coefficient (Wildman–Crippen LogP) is 1.46. The number of hydrogen-bond acceptors (Lipinski definition) is 4. The van der Waals surface area contributed by atoms with Crippen molar-refractivity contribution < 1.29 is 23.1 Å². The molecule has 0 heterocycles. The first-order valence-electron chi connectivity index (χ1n) is 6.32. The van der Waals surface area contributed by atoms with Gasteiger partial charge in [0.05, 0.1) is 11.2 Å². The summed E-state index contributed by atoms with van der Waals surface area (Å²) in [5.41, 5.74) is 0.0120. The Labute approximate surface area is 124 Å². The Balaban J connectivity index is 2.72. The van der Waals surface area contributed by atoms with Crippen LogP contribution in [0.4, 0.5) is 5.69 Å². The molecular formula is C14H19NO5S. The van der Waals surface area contributed by atoms with Crippen LogP contribution < -0.4 is 5.32 Å². The molecule has 0 unspecified atom stereocenters. The maximum Gasteiger partial charge on any atom is 0.310 e. The van der Waals surface area contributed by atoms with Crippen molar-refractivity contribution in [1.29, 1.82) is 0 Å². The summed E-state index contributed by atoms with van der Waals surface area (Å²) >= 11 is 0. The van der Waals surface area contributed by atoms with E-state index in [4.69, 9.17) is 5.11 Å². The second-order valence-corrected chi connectivity index (χ2v) is 7.70. The van der Waals surface area contributed by atoms with Gasteiger partial charge in [0.1, 0.15) is 5.75 Å². The molecule has 7 heteroatoms. The highest BCUT2D eigenvalue weighted by molar-refractivity contribution is 7.92. The van der Waals surface area contributed by atoms with Crippen molar-refractivity contribution in [3.63, 3.8) is 0 Å². The molecule has 6 nitrogen and oxygen atoms in total. The van der Waals surface area contributed by atoms with Crippen molar-refractivity contribution in [2.45, 2.75) is 20.8 Å². The highest BCUT2D eigenvalue weighted by Crippen LogP contribution is 2.19. The number of hydrogen-bond donors (Lipinski definition) is 2. The topological polar surface area (TPSA) is 101 Å². The van der Waals surface area contributed by atoms with Crippen LogP contribution >= 0.6 is 0 Å². The summed E-state index contributed by atoms with van der Waals surface area (Å²) in [7, 11) is -3.81. The average Bonchev–Trinajstić information content (AvgIpc) is 2.25. The van der Waals surface area contributed by atoms with Crippen molar-refractivity contribution in [2.75, 3.05) is 16.8 Å². The summed E-state index contributed by atoms with van der Waals surface area (Å²) < 4.78 is 23.8. The van der Waals surface area contributed by atoms with Crippen LogP contribution in [-0.4, -0.2) is 36.9 Å². The zero-order valence-corrected chi connectivity index (χ0v) is 13.0. The molecule has 0 atom stereocenters. The number of carbonyl (C=O) groups excluding carboxylic acids is 1. The smallest absolute Gasteiger partial charge is 0.310 e. The SMILES string of the molecule is Cc1cccc(NC(=O)CS(=O)(=O)CC(C)(C)C(=O)O)c1. The summed E-state index contributed by atoms with van der Waals surface area (Å²) in [6.07, 6.45) is 0. The highest BCUT2D eigenvalue weighted by atomic mass is 32.2. The third-order valence-corrected chi connectivity index (χ3v) is 4.68. The van der Waals surface area contributed by atoms with E-state index in [0.29, 0.717) is 5.69 Å². The molecule has 0 aliphatic heterocycles. The first kappa shape index (κ1) is 17.2. The number of benzene rings is 1. The number of aliphatic carboxylic acids is 1. The summed E-state index contributed by atoms with van der Waals surface area (Å²) in [4.78, 5) is 22.7. The van der Waals surface area contributed by atoms with Crippen LogP contribution in [0.5, 0.6) is 0 Å². The minimum Gasteiger partial charge on any atom is -0.481 e. The number of carboxylic acids is 1. The van der Waals surface area contributed by atoms with E-state index in [2.05, 4.69) is 5.32 Å². The maximum absolute atomic E-state index is 11.9. The van der Waals surface area contributed by atoms with E-state index in [-0.39, 0.29) is 0 Å². The van der Waals surface area contributed by atoms with Gasteiger partial charge in [0.2, 0.25) is 5.91 Å². The van der Waals surface area contributed by atoms with Gasteiger partial charge >= 0.3 is 5.97 Å². The van der Waals surface area contributed by atoms with Crippen LogP contribution in [0.15, 0.2) is 24.3 Å². The molecule has 0 bridgehead atoms. The van der Waals surface area contributed by atoms with Crippen LogP contribution in [0.3, 0.4) is 0 Å². The van der Waals surface area contributed by atoms with E-state index in [1.165, 1.54) is 13.8 Å². The van der Waals surface area contributed by atoms with Gasteiger partial charge < -0.3 is 10.4 Å². The number of aryl methyl sites for hydroxylation is 1. The number of amides is 1. The van der Waals surface area contributed by atoms with Crippen molar-refractivity contribution in [3.8, 4) is 0 Å². The summed E-state index contributed by atoms with van der Waals surface area (Å²) in [6, 6.07) is 6.96. The van der Waals surface area contributed by atoms with Gasteiger partial charge in [0, 0.05) is 5.69 Å². The fraction of sp³-hybridized carbons (Fsp3) is 0.429. The lowest BCUT2D eigenvalue weighted by Gasteiger charge is -2.18. The molecule has 21 heavy (non-hydrogen) atoms. The molecule has 2 N–H and O–H groups in total. The number of anilines is 1. The number of nitrogens with one attached hydrogen (secondary N) is 1. The molecule has 0 saturated heterocycles. The Kier molecular flexibility index (Phi) is 5.11. The van der Waals surface area contributed by atoms with Gasteiger partial charge in [0.15, 0.2) is 9.84 Å². The van der Waals surface area contributed by atoms with Crippen LogP contribution in [0.2, 0.25) is 0 Å². The first-order chi connectivity index (χ1) is 9.52. The molecule has 0 aliphatic carbocycles. The Morgan fingerprint density at radius 1 is 1.29 bits per heavy atom. The summed E-state index contributed by atoms with van der Waals surface area (Å²) in [5.74, 6) is -3.22. The Morgan fingerprint density at radius 3 is 2.43 bits per heavy atom. The van der Waals surface area contributed by atoms with E-state index in [9.17, 15) is 18.0 Å². The number of carboxylic acid groups (broad SMARTS) is 1. The highest BCUT2D eigenvalue weighted by Gasteiger charge is 2.34. The quantitative estimate of drug-likeness (QED) is 0.828. The number of carbonyl (C=O) groups is 2. The normalized spacial score (nSPS) is 12.0. The summed E-state index contributed by atoms with van der Waals surface area (Å²) in [6.45, 7) is 4.47. The molecule has 1 amide bonds. The minimum atomic E-state index is -3.81. The van der Waals surface area contributed by atoms with Crippen LogP contribution in [0.1, 0.15) is 19.4 Å². The lowest BCUT2D eigenvalue weighted by atomic mass is 9.97. The molecule has 0 fully saturated rings. The van der Waals surface area contributed by atoms with E-state index < -0.39 is 38.6 Å². The van der Waals surface area contributed by atoms with Crippen molar-refractivity contribution >= 4 is 27.4 Å². The van der Waals surface area contributed by atoms with Gasteiger partial charge in [-0.25, -0.2) is 8.42 Å². The maximum atomic E-state index is 11.9. The van der Waals surface area contributed by atoms with Crippen LogP contribution in [0.25, 0.3) is 0 Å². The molecule has 0 aliphatic rings. The molecule has 1 aromatic rings. The standard InChI is InChI=1S/C14H19NO5S/c1-10-5-4-6-11(7-10)15-12(16)8-21(19,20)9-14(2,3)13(17)18/h4-7H,8-9H2,1-3H3,(H,15,16)(H,17,18). The molecular weight excluding hydrogens is 294 g/mol. The van der Waals surface area contributed by atoms with Gasteiger partial charge in [0.25, 0.3) is 0 Å². The lowest BCUT2D eigenvalue weighted by molar-refractivity contribution is -0.145. The fourth-order valence-corrected chi connectivity index (χ4v) is 3.58. The van der Waals surface area contributed by atoms with E-state index in [1.807, 2.05) is 13.0 Å². The van der Waals surface area contributed by atoms with Crippen LogP contribution in [0, 0.1) is 12.3 Å². The average molecular weight is 313 g/mol. The van der Waals surface area contributed by atoms with Crippen molar-refractivity contribution in [3.05, 3.63) is 29.8 Å². The predicted molar refractivity (Wildman–Crippen MR) is 79.9 cm³/mol. The Hall–Kier alpha value is -1.89. The molecule has 0 saturated carbocycles. The zero-order valence-electron chi connectivity index (χ0n) is 12.2. The monoisotopic (exact) mass is 313 g/mol. The summed E-state index contributed by atoms with van der Waals surface area (Å²) in [5, 5.41) is 11.4. The van der Waals surface area contributed by atoms with Gasteiger partial charge in [-0.3, -0.25) is 9.59 Å². The first-order valence-corrected chi connectivity index (χ1v) is 8.14. The van der Waals surface area contributed by atoms with E-state index in [0.717, 1.165) is 5.56 Å². The second-order valence-electron chi connectivity index (χ2n) is 5.64. The Morgan fingerprint density at radius 2 is 1.90 bits per heavy atom. The largest absolute Gasteiger partial charge is 0.481 e. The van der Waals surface area contributed by atoms with E-state index in [1.54, 1.807) is 18.2 Å². The number of rotatable bonds is 6. The minimum absolute atomic E-state index is 0.507.